The van der Waals surface area contributed by atoms with Crippen molar-refractivity contribution in [2.24, 2.45) is 5.92 Å². The Kier molecular flexibility index (Phi) is 5.75. The molecule has 0 aromatic carbocycles. The van der Waals surface area contributed by atoms with Gasteiger partial charge >= 0.3 is 6.03 Å². The van der Waals surface area contributed by atoms with Crippen LogP contribution in [0.2, 0.25) is 0 Å². The van der Waals surface area contributed by atoms with Crippen LogP contribution in [0.1, 0.15) is 33.1 Å². The third kappa shape index (κ3) is 4.54. The molecule has 1 aliphatic heterocycles. The fraction of sp³-hybridized carbons (Fsp3) is 0.923. The smallest absolute Gasteiger partial charge is 0.317 e. The van der Waals surface area contributed by atoms with Gasteiger partial charge in [-0.25, -0.2) is 4.79 Å². The summed E-state index contributed by atoms with van der Waals surface area (Å²) in [4.78, 5) is 15.9. The van der Waals surface area contributed by atoms with Crippen molar-refractivity contribution in [3.8, 4) is 0 Å². The minimum Gasteiger partial charge on any atom is -0.341 e. The van der Waals surface area contributed by atoms with Gasteiger partial charge in [0.25, 0.3) is 0 Å². The molecule has 0 aromatic heterocycles. The third-order valence-electron chi connectivity index (χ3n) is 3.66. The van der Waals surface area contributed by atoms with E-state index in [-0.39, 0.29) is 6.03 Å². The summed E-state index contributed by atoms with van der Waals surface area (Å²) in [6.45, 7) is 7.99. The Hall–Kier alpha value is -0.770. The maximum absolute atomic E-state index is 11.5. The van der Waals surface area contributed by atoms with Gasteiger partial charge < -0.3 is 15.1 Å². The maximum Gasteiger partial charge on any atom is 0.317 e. The molecular weight excluding hydrogens is 214 g/mol. The molecule has 1 fully saturated rings. The molecule has 4 nitrogen and oxygen atoms in total. The number of piperidine rings is 1. The highest BCUT2D eigenvalue weighted by molar-refractivity contribution is 5.73. The van der Waals surface area contributed by atoms with Gasteiger partial charge in [-0.05, 0) is 31.7 Å². The second kappa shape index (κ2) is 6.84. The van der Waals surface area contributed by atoms with Crippen LogP contribution in [0.5, 0.6) is 0 Å². The van der Waals surface area contributed by atoms with E-state index in [4.69, 9.17) is 0 Å². The third-order valence-corrected chi connectivity index (χ3v) is 3.66. The van der Waals surface area contributed by atoms with E-state index in [2.05, 4.69) is 24.1 Å². The first-order valence-corrected chi connectivity index (χ1v) is 6.71. The van der Waals surface area contributed by atoms with Gasteiger partial charge in [0.1, 0.15) is 0 Å². The summed E-state index contributed by atoms with van der Waals surface area (Å²) in [5, 5.41) is 2.69. The molecule has 4 heteroatoms. The van der Waals surface area contributed by atoms with Crippen LogP contribution in [0, 0.1) is 5.92 Å². The molecule has 0 aromatic rings. The first-order chi connectivity index (χ1) is 8.04. The van der Waals surface area contributed by atoms with E-state index in [9.17, 15) is 4.79 Å². The highest BCUT2D eigenvalue weighted by Gasteiger charge is 2.24. The van der Waals surface area contributed by atoms with Gasteiger partial charge in [0.2, 0.25) is 0 Å². The normalized spacial score (nSPS) is 18.4. The van der Waals surface area contributed by atoms with Crippen LogP contribution in [0.15, 0.2) is 0 Å². The lowest BCUT2D eigenvalue weighted by molar-refractivity contribution is 0.133. The van der Waals surface area contributed by atoms with E-state index < -0.39 is 0 Å². The fourth-order valence-corrected chi connectivity index (χ4v) is 2.31. The topological polar surface area (TPSA) is 35.6 Å². The molecule has 1 N–H and O–H groups in total. The standard InChI is InChI=1S/C13H27N3O/c1-11(2)5-8-16-9-6-12(7-10-16)15(4)13(17)14-3/h11-12H,5-10H2,1-4H3,(H,14,17). The van der Waals surface area contributed by atoms with E-state index in [1.54, 1.807) is 7.05 Å². The van der Waals surface area contributed by atoms with Gasteiger partial charge in [-0.3, -0.25) is 0 Å². The number of hydrogen-bond acceptors (Lipinski definition) is 2. The predicted molar refractivity (Wildman–Crippen MR) is 71.1 cm³/mol. The monoisotopic (exact) mass is 241 g/mol. The van der Waals surface area contributed by atoms with Crippen LogP contribution in [0.4, 0.5) is 4.79 Å². The Bertz CT molecular complexity index is 235. The van der Waals surface area contributed by atoms with Crippen LogP contribution in [-0.2, 0) is 0 Å². The second-order valence-corrected chi connectivity index (χ2v) is 5.42. The molecule has 100 valence electrons. The average Bonchev–Trinajstić information content (AvgIpc) is 2.35. The Balaban J connectivity index is 2.28. The zero-order valence-electron chi connectivity index (χ0n) is 11.7. The molecule has 1 rings (SSSR count). The molecule has 0 bridgehead atoms. The zero-order valence-corrected chi connectivity index (χ0v) is 11.7. The molecule has 2 amide bonds. The Morgan fingerprint density at radius 3 is 2.47 bits per heavy atom. The van der Waals surface area contributed by atoms with Crippen LogP contribution < -0.4 is 5.32 Å². The number of amides is 2. The number of urea groups is 1. The average molecular weight is 241 g/mol. The first kappa shape index (κ1) is 14.3. The SMILES string of the molecule is CNC(=O)N(C)C1CCN(CCC(C)C)CC1. The molecule has 0 radical (unpaired) electrons. The molecular formula is C13H27N3O. The Morgan fingerprint density at radius 2 is 2.00 bits per heavy atom. The molecule has 0 saturated carbocycles. The largest absolute Gasteiger partial charge is 0.341 e. The summed E-state index contributed by atoms with van der Waals surface area (Å²) in [6.07, 6.45) is 3.47. The van der Waals surface area contributed by atoms with Crippen molar-refractivity contribution in [1.29, 1.82) is 0 Å². The van der Waals surface area contributed by atoms with Crippen molar-refractivity contribution in [3.05, 3.63) is 0 Å². The van der Waals surface area contributed by atoms with E-state index in [0.717, 1.165) is 31.8 Å². The molecule has 17 heavy (non-hydrogen) atoms. The number of likely N-dealkylation sites (tertiary alicyclic amines) is 1. The fourth-order valence-electron chi connectivity index (χ4n) is 2.31. The van der Waals surface area contributed by atoms with E-state index in [1.807, 2.05) is 11.9 Å². The van der Waals surface area contributed by atoms with Crippen LogP contribution >= 0.6 is 0 Å². The van der Waals surface area contributed by atoms with E-state index in [1.165, 1.54) is 13.0 Å². The van der Waals surface area contributed by atoms with Gasteiger partial charge in [-0.15, -0.1) is 0 Å². The maximum atomic E-state index is 11.5. The number of carbonyl (C=O) groups excluding carboxylic acids is 1. The number of hydrogen-bond donors (Lipinski definition) is 1. The second-order valence-electron chi connectivity index (χ2n) is 5.42. The Morgan fingerprint density at radius 1 is 1.41 bits per heavy atom. The van der Waals surface area contributed by atoms with E-state index >= 15 is 0 Å². The van der Waals surface area contributed by atoms with Crippen LogP contribution in [-0.4, -0.2) is 55.6 Å². The summed E-state index contributed by atoms with van der Waals surface area (Å²) in [6, 6.07) is 0.441. The highest BCUT2D eigenvalue weighted by atomic mass is 16.2. The molecule has 0 spiro atoms. The van der Waals surface area contributed by atoms with Gasteiger partial charge in [-0.1, -0.05) is 13.8 Å². The minimum absolute atomic E-state index is 0.0330. The van der Waals surface area contributed by atoms with Gasteiger partial charge in [-0.2, -0.15) is 0 Å². The number of carbonyl (C=O) groups is 1. The molecule has 1 aliphatic rings. The summed E-state index contributed by atoms with van der Waals surface area (Å²) < 4.78 is 0. The van der Waals surface area contributed by atoms with Crippen molar-refractivity contribution >= 4 is 6.03 Å². The molecule has 0 atom stereocenters. The Labute approximate surface area is 105 Å². The number of nitrogens with zero attached hydrogens (tertiary/aromatic N) is 2. The van der Waals surface area contributed by atoms with Gasteiger partial charge in [0, 0.05) is 33.2 Å². The quantitative estimate of drug-likeness (QED) is 0.814. The summed E-state index contributed by atoms with van der Waals surface area (Å²) in [5.74, 6) is 0.779. The number of rotatable bonds is 4. The van der Waals surface area contributed by atoms with Crippen molar-refractivity contribution in [3.63, 3.8) is 0 Å². The van der Waals surface area contributed by atoms with E-state index in [0.29, 0.717) is 6.04 Å². The lowest BCUT2D eigenvalue weighted by Gasteiger charge is -2.36. The highest BCUT2D eigenvalue weighted by Crippen LogP contribution is 2.16. The summed E-state index contributed by atoms with van der Waals surface area (Å²) in [5.41, 5.74) is 0. The van der Waals surface area contributed by atoms with Crippen molar-refractivity contribution in [1.82, 2.24) is 15.1 Å². The van der Waals surface area contributed by atoms with Gasteiger partial charge in [0.15, 0.2) is 0 Å². The molecule has 1 saturated heterocycles. The van der Waals surface area contributed by atoms with Crippen molar-refractivity contribution < 1.29 is 4.79 Å². The lowest BCUT2D eigenvalue weighted by atomic mass is 10.0. The van der Waals surface area contributed by atoms with Gasteiger partial charge in [0.05, 0.1) is 0 Å². The van der Waals surface area contributed by atoms with Crippen LogP contribution in [0.25, 0.3) is 0 Å². The van der Waals surface area contributed by atoms with Crippen LogP contribution in [0.3, 0.4) is 0 Å². The number of nitrogens with one attached hydrogen (secondary N) is 1. The zero-order chi connectivity index (χ0) is 12.8. The predicted octanol–water partition coefficient (Wildman–Crippen LogP) is 1.77. The molecule has 0 unspecified atom stereocenters. The molecule has 1 heterocycles. The summed E-state index contributed by atoms with van der Waals surface area (Å²) in [7, 11) is 3.59. The summed E-state index contributed by atoms with van der Waals surface area (Å²) >= 11 is 0. The first-order valence-electron chi connectivity index (χ1n) is 6.71. The molecule has 0 aliphatic carbocycles. The van der Waals surface area contributed by atoms with Crippen molar-refractivity contribution in [2.45, 2.75) is 39.2 Å². The van der Waals surface area contributed by atoms with Crippen molar-refractivity contribution in [2.75, 3.05) is 33.7 Å². The lowest BCUT2D eigenvalue weighted by Crippen LogP contribution is -2.48. The minimum atomic E-state index is 0.0330.